The molecule has 2 aromatic carbocycles. The Morgan fingerprint density at radius 3 is 2.46 bits per heavy atom. The Labute approximate surface area is 159 Å². The molecule has 0 bridgehead atoms. The molecule has 1 N–H and O–H groups in total. The quantitative estimate of drug-likeness (QED) is 0.838. The molecule has 0 aromatic heterocycles. The molecule has 1 atom stereocenters. The fourth-order valence-electron chi connectivity index (χ4n) is 3.18. The normalized spacial score (nSPS) is 18.4. The highest BCUT2D eigenvalue weighted by molar-refractivity contribution is 7.89. The zero-order valence-corrected chi connectivity index (χ0v) is 15.8. The van der Waals surface area contributed by atoms with Crippen molar-refractivity contribution in [2.45, 2.75) is 36.6 Å². The number of carbonyl (C=O) groups is 1. The Kier molecular flexibility index (Phi) is 5.96. The van der Waals surface area contributed by atoms with Gasteiger partial charge in [0, 0.05) is 29.7 Å². The van der Waals surface area contributed by atoms with Gasteiger partial charge in [-0.05, 0) is 49.2 Å². The summed E-state index contributed by atoms with van der Waals surface area (Å²) in [6.45, 7) is 0.441. The minimum atomic E-state index is -3.60. The van der Waals surface area contributed by atoms with E-state index in [1.807, 2.05) is 0 Å². The van der Waals surface area contributed by atoms with Crippen molar-refractivity contribution >= 4 is 33.2 Å². The monoisotopic (exact) mass is 392 g/mol. The number of nitrogens with one attached hydrogen (secondary N) is 1. The second-order valence-corrected chi connectivity index (χ2v) is 8.66. The van der Waals surface area contributed by atoms with E-state index in [-0.39, 0.29) is 23.3 Å². The van der Waals surface area contributed by atoms with Crippen LogP contribution in [0.1, 0.15) is 25.7 Å². The van der Waals surface area contributed by atoms with E-state index in [1.165, 1.54) is 4.31 Å². The van der Waals surface area contributed by atoms with E-state index in [4.69, 9.17) is 11.6 Å². The molecule has 1 fully saturated rings. The molecular formula is C19H21ClN2O3S. The fraction of sp³-hybridized carbons (Fsp3) is 0.316. The summed E-state index contributed by atoms with van der Waals surface area (Å²) < 4.78 is 27.4. The molecule has 0 spiro atoms. The first-order valence-corrected chi connectivity index (χ1v) is 10.4. The van der Waals surface area contributed by atoms with Crippen LogP contribution in [0.4, 0.5) is 5.69 Å². The molecule has 1 amide bonds. The van der Waals surface area contributed by atoms with Crippen molar-refractivity contribution in [3.63, 3.8) is 0 Å². The van der Waals surface area contributed by atoms with Gasteiger partial charge in [0.05, 0.1) is 4.90 Å². The maximum atomic E-state index is 13.0. The second kappa shape index (κ2) is 8.20. The van der Waals surface area contributed by atoms with Crippen LogP contribution in [0, 0.1) is 0 Å². The number of benzene rings is 2. The molecule has 0 radical (unpaired) electrons. The Morgan fingerprint density at radius 2 is 1.77 bits per heavy atom. The summed E-state index contributed by atoms with van der Waals surface area (Å²) in [7, 11) is -3.60. The topological polar surface area (TPSA) is 66.5 Å². The van der Waals surface area contributed by atoms with Gasteiger partial charge in [-0.25, -0.2) is 8.42 Å². The van der Waals surface area contributed by atoms with Crippen LogP contribution in [0.3, 0.4) is 0 Å². The highest BCUT2D eigenvalue weighted by atomic mass is 35.5. The smallest absolute Gasteiger partial charge is 0.243 e. The summed E-state index contributed by atoms with van der Waals surface area (Å²) in [6, 6.07) is 14.9. The van der Waals surface area contributed by atoms with Gasteiger partial charge in [-0.15, -0.1) is 0 Å². The third-order valence-corrected chi connectivity index (χ3v) is 6.69. The van der Waals surface area contributed by atoms with Crippen molar-refractivity contribution in [1.82, 2.24) is 4.31 Å². The summed E-state index contributed by atoms with van der Waals surface area (Å²) in [5.41, 5.74) is 0.646. The first kappa shape index (κ1) is 18.9. The lowest BCUT2D eigenvalue weighted by Crippen LogP contribution is -2.45. The lowest BCUT2D eigenvalue weighted by molar-refractivity contribution is -0.117. The zero-order valence-electron chi connectivity index (χ0n) is 14.3. The maximum absolute atomic E-state index is 13.0. The Hall–Kier alpha value is -1.89. The van der Waals surface area contributed by atoms with Crippen LogP contribution in [0.5, 0.6) is 0 Å². The van der Waals surface area contributed by atoms with Crippen LogP contribution in [-0.4, -0.2) is 31.2 Å². The first-order valence-electron chi connectivity index (χ1n) is 8.59. The van der Waals surface area contributed by atoms with Gasteiger partial charge < -0.3 is 5.32 Å². The average Bonchev–Trinajstić information content (AvgIpc) is 2.64. The third kappa shape index (κ3) is 4.44. The molecule has 1 aliphatic heterocycles. The first-order chi connectivity index (χ1) is 12.5. The van der Waals surface area contributed by atoms with Crippen LogP contribution in [0.25, 0.3) is 0 Å². The number of sulfonamides is 1. The molecule has 1 heterocycles. The molecule has 0 aliphatic carbocycles. The Bertz CT molecular complexity index is 854. The van der Waals surface area contributed by atoms with Crippen molar-refractivity contribution in [2.24, 2.45) is 0 Å². The Balaban J connectivity index is 1.72. The number of carbonyl (C=O) groups excluding carboxylic acids is 1. The van der Waals surface area contributed by atoms with Crippen LogP contribution >= 0.6 is 11.6 Å². The molecule has 7 heteroatoms. The largest absolute Gasteiger partial charge is 0.326 e. The lowest BCUT2D eigenvalue weighted by atomic mass is 10.0. The molecule has 1 aliphatic rings. The molecule has 0 saturated carbocycles. The van der Waals surface area contributed by atoms with Gasteiger partial charge in [-0.1, -0.05) is 36.2 Å². The van der Waals surface area contributed by atoms with E-state index in [9.17, 15) is 13.2 Å². The molecule has 138 valence electrons. The van der Waals surface area contributed by atoms with Crippen molar-refractivity contribution < 1.29 is 13.2 Å². The minimum absolute atomic E-state index is 0.134. The van der Waals surface area contributed by atoms with E-state index >= 15 is 0 Å². The Morgan fingerprint density at radius 1 is 1.08 bits per heavy atom. The van der Waals surface area contributed by atoms with Crippen LogP contribution in [0.2, 0.25) is 5.02 Å². The van der Waals surface area contributed by atoms with Crippen molar-refractivity contribution in [2.75, 3.05) is 11.9 Å². The van der Waals surface area contributed by atoms with Crippen LogP contribution in [-0.2, 0) is 14.8 Å². The zero-order chi connectivity index (χ0) is 18.6. The standard InChI is InChI=1S/C19H21ClN2O3S/c20-15-9-11-16(12-10-15)21-19(23)14-17-6-4-5-13-22(17)26(24,25)18-7-2-1-3-8-18/h1-3,7-12,17H,4-6,13-14H2,(H,21,23)/t17-/m1/s1. The van der Waals surface area contributed by atoms with Crippen LogP contribution < -0.4 is 5.32 Å². The number of hydrogen-bond donors (Lipinski definition) is 1. The van der Waals surface area contributed by atoms with E-state index < -0.39 is 10.0 Å². The number of hydrogen-bond acceptors (Lipinski definition) is 3. The number of piperidine rings is 1. The number of rotatable bonds is 5. The summed E-state index contributed by atoms with van der Waals surface area (Å²) in [5.74, 6) is -0.201. The number of amides is 1. The van der Waals surface area contributed by atoms with Crippen molar-refractivity contribution in [3.05, 3.63) is 59.6 Å². The molecule has 3 rings (SSSR count). The van der Waals surface area contributed by atoms with E-state index in [1.54, 1.807) is 54.6 Å². The third-order valence-electron chi connectivity index (χ3n) is 4.47. The molecule has 1 saturated heterocycles. The van der Waals surface area contributed by atoms with Gasteiger partial charge in [-0.2, -0.15) is 4.31 Å². The summed E-state index contributed by atoms with van der Waals surface area (Å²) >= 11 is 5.85. The van der Waals surface area contributed by atoms with Gasteiger partial charge in [0.1, 0.15) is 0 Å². The molecular weight excluding hydrogens is 372 g/mol. The number of nitrogens with zero attached hydrogens (tertiary/aromatic N) is 1. The van der Waals surface area contributed by atoms with Gasteiger partial charge in [0.2, 0.25) is 15.9 Å². The van der Waals surface area contributed by atoms with Gasteiger partial charge >= 0.3 is 0 Å². The highest BCUT2D eigenvalue weighted by Crippen LogP contribution is 2.27. The van der Waals surface area contributed by atoms with Gasteiger partial charge in [0.15, 0.2) is 0 Å². The predicted octanol–water partition coefficient (Wildman–Crippen LogP) is 3.91. The summed E-state index contributed by atoms with van der Waals surface area (Å²) in [6.07, 6.45) is 2.54. The second-order valence-electron chi connectivity index (χ2n) is 6.34. The van der Waals surface area contributed by atoms with Gasteiger partial charge in [0.25, 0.3) is 0 Å². The lowest BCUT2D eigenvalue weighted by Gasteiger charge is -2.34. The maximum Gasteiger partial charge on any atom is 0.243 e. The highest BCUT2D eigenvalue weighted by Gasteiger charge is 2.34. The molecule has 0 unspecified atom stereocenters. The molecule has 2 aromatic rings. The number of anilines is 1. The molecule has 26 heavy (non-hydrogen) atoms. The van der Waals surface area contributed by atoms with E-state index in [2.05, 4.69) is 5.32 Å². The fourth-order valence-corrected chi connectivity index (χ4v) is 5.02. The number of halogens is 1. The SMILES string of the molecule is O=C(C[C@H]1CCCCN1S(=O)(=O)c1ccccc1)Nc1ccc(Cl)cc1. The van der Waals surface area contributed by atoms with E-state index in [0.29, 0.717) is 23.7 Å². The van der Waals surface area contributed by atoms with Crippen molar-refractivity contribution in [1.29, 1.82) is 0 Å². The van der Waals surface area contributed by atoms with Gasteiger partial charge in [-0.3, -0.25) is 4.79 Å². The van der Waals surface area contributed by atoms with Crippen molar-refractivity contribution in [3.8, 4) is 0 Å². The minimum Gasteiger partial charge on any atom is -0.326 e. The predicted molar refractivity (Wildman–Crippen MR) is 103 cm³/mol. The summed E-state index contributed by atoms with van der Waals surface area (Å²) in [5, 5.41) is 3.40. The van der Waals surface area contributed by atoms with E-state index in [0.717, 1.165) is 12.8 Å². The molecule has 5 nitrogen and oxygen atoms in total. The van der Waals surface area contributed by atoms with Crippen LogP contribution in [0.15, 0.2) is 59.5 Å². The summed E-state index contributed by atoms with van der Waals surface area (Å²) in [4.78, 5) is 12.7. The average molecular weight is 393 g/mol.